The molecule has 0 saturated carbocycles. The van der Waals surface area contributed by atoms with E-state index in [2.05, 4.69) is 40.2 Å². The van der Waals surface area contributed by atoms with Gasteiger partial charge in [0.25, 0.3) is 0 Å². The summed E-state index contributed by atoms with van der Waals surface area (Å²) >= 11 is 0. The van der Waals surface area contributed by atoms with E-state index in [-0.39, 0.29) is 11.1 Å². The zero-order valence-electron chi connectivity index (χ0n) is 22.2. The van der Waals surface area contributed by atoms with Crippen molar-refractivity contribution in [3.8, 4) is 0 Å². The molecular formula is C27H46O8. The normalized spacial score (nSPS) is 9.86. The van der Waals surface area contributed by atoms with Crippen LogP contribution in [0, 0.1) is 5.92 Å². The summed E-state index contributed by atoms with van der Waals surface area (Å²) in [4.78, 5) is 40.1. The van der Waals surface area contributed by atoms with E-state index in [0.717, 1.165) is 25.7 Å². The fourth-order valence-corrected chi connectivity index (χ4v) is 2.03. The van der Waals surface area contributed by atoms with Crippen LogP contribution in [0.25, 0.3) is 0 Å². The fourth-order valence-electron chi connectivity index (χ4n) is 2.03. The molecule has 0 spiro atoms. The van der Waals surface area contributed by atoms with E-state index < -0.39 is 23.9 Å². The van der Waals surface area contributed by atoms with Crippen LogP contribution < -0.4 is 0 Å². The molecule has 0 aliphatic heterocycles. The molecule has 0 fully saturated rings. The molecule has 0 aromatic carbocycles. The molecule has 1 unspecified atom stereocenters. The highest BCUT2D eigenvalue weighted by Gasteiger charge is 2.11. The topological polar surface area (TPSA) is 149 Å². The van der Waals surface area contributed by atoms with Crippen molar-refractivity contribution >= 4 is 23.9 Å². The van der Waals surface area contributed by atoms with Crippen LogP contribution in [0.3, 0.4) is 0 Å². The highest BCUT2D eigenvalue weighted by atomic mass is 16.4. The van der Waals surface area contributed by atoms with E-state index in [9.17, 15) is 19.2 Å². The zero-order chi connectivity index (χ0) is 28.6. The van der Waals surface area contributed by atoms with Gasteiger partial charge in [0, 0.05) is 22.3 Å². The fraction of sp³-hybridized carbons (Fsp3) is 0.556. The molecule has 0 rings (SSSR count). The van der Waals surface area contributed by atoms with Crippen molar-refractivity contribution in [1.82, 2.24) is 0 Å². The highest BCUT2D eigenvalue weighted by Crippen LogP contribution is 2.20. The lowest BCUT2D eigenvalue weighted by atomic mass is 9.92. The number of unbranched alkanes of at least 4 members (excludes halogenated alkanes) is 2. The monoisotopic (exact) mass is 498 g/mol. The summed E-state index contributed by atoms with van der Waals surface area (Å²) in [7, 11) is 0. The smallest absolute Gasteiger partial charge is 0.330 e. The van der Waals surface area contributed by atoms with Gasteiger partial charge in [-0.2, -0.15) is 0 Å². The van der Waals surface area contributed by atoms with Crippen molar-refractivity contribution in [2.24, 2.45) is 5.92 Å². The Labute approximate surface area is 210 Å². The van der Waals surface area contributed by atoms with Gasteiger partial charge in [0.2, 0.25) is 0 Å². The van der Waals surface area contributed by atoms with Gasteiger partial charge in [-0.3, -0.25) is 0 Å². The molecule has 1 atom stereocenters. The summed E-state index contributed by atoms with van der Waals surface area (Å²) in [6.07, 6.45) is 8.26. The lowest BCUT2D eigenvalue weighted by Crippen LogP contribution is -2.06. The van der Waals surface area contributed by atoms with Gasteiger partial charge in [0.15, 0.2) is 0 Å². The third kappa shape index (κ3) is 30.8. The van der Waals surface area contributed by atoms with E-state index in [1.807, 2.05) is 6.92 Å². The molecule has 0 saturated heterocycles. The van der Waals surface area contributed by atoms with E-state index in [1.54, 1.807) is 6.92 Å². The minimum atomic E-state index is -0.935. The summed E-state index contributed by atoms with van der Waals surface area (Å²) < 4.78 is 0. The summed E-state index contributed by atoms with van der Waals surface area (Å²) in [5.41, 5.74) is 1.11. The van der Waals surface area contributed by atoms with Crippen molar-refractivity contribution in [3.63, 3.8) is 0 Å². The maximum Gasteiger partial charge on any atom is 0.330 e. The molecule has 0 heterocycles. The average molecular weight is 499 g/mol. The quantitative estimate of drug-likeness (QED) is 0.192. The summed E-state index contributed by atoms with van der Waals surface area (Å²) in [6.45, 7) is 22.9. The van der Waals surface area contributed by atoms with Gasteiger partial charge in [-0.15, -0.1) is 0 Å². The average Bonchev–Trinajstić information content (AvgIpc) is 2.80. The molecule has 202 valence electrons. The number of carboxylic acid groups (broad SMARTS) is 4. The second-order valence-corrected chi connectivity index (χ2v) is 7.89. The molecule has 8 nitrogen and oxygen atoms in total. The summed E-state index contributed by atoms with van der Waals surface area (Å²) in [6, 6.07) is 0. The Kier molecular flexibility index (Phi) is 28.4. The highest BCUT2D eigenvalue weighted by molar-refractivity contribution is 5.86. The Balaban J connectivity index is -0.000000192. The van der Waals surface area contributed by atoms with Crippen LogP contribution >= 0.6 is 0 Å². The molecule has 0 aromatic heterocycles. The van der Waals surface area contributed by atoms with Crippen LogP contribution in [0.5, 0.6) is 0 Å². The first-order valence-electron chi connectivity index (χ1n) is 11.7. The molecule has 0 aliphatic rings. The summed E-state index contributed by atoms with van der Waals surface area (Å²) in [5, 5.41) is 32.9. The molecule has 0 bridgehead atoms. The van der Waals surface area contributed by atoms with Gasteiger partial charge in [-0.05, 0) is 38.5 Å². The van der Waals surface area contributed by atoms with E-state index in [0.29, 0.717) is 36.3 Å². The predicted molar refractivity (Wildman–Crippen MR) is 141 cm³/mol. The Morgan fingerprint density at radius 3 is 1.29 bits per heavy atom. The second kappa shape index (κ2) is 25.5. The summed E-state index contributed by atoms with van der Waals surface area (Å²) in [5.74, 6) is -3.06. The number of carboxylic acids is 4. The van der Waals surface area contributed by atoms with Crippen molar-refractivity contribution in [1.29, 1.82) is 0 Å². The maximum absolute atomic E-state index is 10.5. The number of hydrogen-bond acceptors (Lipinski definition) is 4. The Morgan fingerprint density at radius 1 is 0.657 bits per heavy atom. The molecule has 0 radical (unpaired) electrons. The van der Waals surface area contributed by atoms with Crippen molar-refractivity contribution in [2.75, 3.05) is 0 Å². The first kappa shape index (κ1) is 39.1. The van der Waals surface area contributed by atoms with Gasteiger partial charge < -0.3 is 20.4 Å². The number of carbonyl (C=O) groups is 4. The van der Waals surface area contributed by atoms with Crippen LogP contribution in [0.4, 0.5) is 0 Å². The van der Waals surface area contributed by atoms with Crippen molar-refractivity contribution in [3.05, 3.63) is 48.6 Å². The van der Waals surface area contributed by atoms with Crippen molar-refractivity contribution in [2.45, 2.75) is 92.4 Å². The van der Waals surface area contributed by atoms with Gasteiger partial charge in [-0.1, -0.05) is 86.1 Å². The molecule has 8 heteroatoms. The van der Waals surface area contributed by atoms with Gasteiger partial charge in [0.1, 0.15) is 0 Å². The first-order valence-corrected chi connectivity index (χ1v) is 11.7. The second-order valence-electron chi connectivity index (χ2n) is 7.89. The lowest BCUT2D eigenvalue weighted by molar-refractivity contribution is -0.133. The lowest BCUT2D eigenvalue weighted by Gasteiger charge is -2.13. The molecular weight excluding hydrogens is 452 g/mol. The molecule has 4 N–H and O–H groups in total. The standard InChI is InChI=1S/C11H20O2.C7H12O2.C5H8O2.C4H6O2/c1-4-6-7-10(5-2)8-9(3)11(12)13;1-3-4-5-6(2)7(8)9;1-3-4(2)5(6)7;1-3(2)4(5)6/h10H,3-8H2,1-2H3,(H,12,13);2-5H2,1H3,(H,8,9);2-3H2,1H3,(H,6,7);1H2,2H3,(H,5,6). The molecule has 0 aromatic rings. The third-order valence-electron chi connectivity index (χ3n) is 4.61. The van der Waals surface area contributed by atoms with Crippen molar-refractivity contribution < 1.29 is 39.6 Å². The van der Waals surface area contributed by atoms with Gasteiger partial charge in [-0.25, -0.2) is 19.2 Å². The third-order valence-corrected chi connectivity index (χ3v) is 4.61. The van der Waals surface area contributed by atoms with E-state index in [4.69, 9.17) is 20.4 Å². The minimum absolute atomic E-state index is 0.176. The number of hydrogen-bond donors (Lipinski definition) is 4. The van der Waals surface area contributed by atoms with Crippen LogP contribution in [0.1, 0.15) is 92.4 Å². The largest absolute Gasteiger partial charge is 0.478 e. The Hall–Kier alpha value is -3.16. The van der Waals surface area contributed by atoms with Crippen LogP contribution in [-0.4, -0.2) is 44.3 Å². The van der Waals surface area contributed by atoms with Crippen LogP contribution in [0.15, 0.2) is 48.6 Å². The SMILES string of the molecule is C=C(C)C(=O)O.C=C(CC(CC)CCCC)C(=O)O.C=C(CC)C(=O)O.C=C(CCCC)C(=O)O. The van der Waals surface area contributed by atoms with Gasteiger partial charge in [0.05, 0.1) is 0 Å². The minimum Gasteiger partial charge on any atom is -0.478 e. The first-order chi connectivity index (χ1) is 16.1. The van der Waals surface area contributed by atoms with E-state index in [1.165, 1.54) is 19.8 Å². The maximum atomic E-state index is 10.5. The Bertz CT molecular complexity index is 692. The van der Waals surface area contributed by atoms with Crippen LogP contribution in [-0.2, 0) is 19.2 Å². The predicted octanol–water partition coefficient (Wildman–Crippen LogP) is 6.74. The molecule has 0 aliphatic carbocycles. The van der Waals surface area contributed by atoms with Crippen LogP contribution in [0.2, 0.25) is 0 Å². The molecule has 35 heavy (non-hydrogen) atoms. The van der Waals surface area contributed by atoms with E-state index >= 15 is 0 Å². The Morgan fingerprint density at radius 2 is 1.06 bits per heavy atom. The zero-order valence-corrected chi connectivity index (χ0v) is 22.2. The molecule has 0 amide bonds. The number of rotatable bonds is 14. The number of aliphatic carboxylic acids is 4. The van der Waals surface area contributed by atoms with Gasteiger partial charge >= 0.3 is 23.9 Å².